The molecule has 0 saturated heterocycles. The Bertz CT molecular complexity index is 1200. The summed E-state index contributed by atoms with van der Waals surface area (Å²) in [6.07, 6.45) is 3.51. The van der Waals surface area contributed by atoms with Crippen LogP contribution in [0.4, 0.5) is 0 Å². The predicted octanol–water partition coefficient (Wildman–Crippen LogP) is 5.57. The van der Waals surface area contributed by atoms with Gasteiger partial charge in [0.15, 0.2) is 0 Å². The summed E-state index contributed by atoms with van der Waals surface area (Å²) in [5.41, 5.74) is 2.57. The fourth-order valence-electron chi connectivity index (χ4n) is 3.21. The average molecular weight is 489 g/mol. The van der Waals surface area contributed by atoms with E-state index >= 15 is 0 Å². The Balaban J connectivity index is 1.93. The molecule has 176 valence electrons. The van der Waals surface area contributed by atoms with Crippen LogP contribution in [0.25, 0.3) is 0 Å². The summed E-state index contributed by atoms with van der Waals surface area (Å²) >= 11 is 0. The topological polar surface area (TPSA) is 86.7 Å². The van der Waals surface area contributed by atoms with Crippen LogP contribution in [0.1, 0.15) is 42.9 Å². The van der Waals surface area contributed by atoms with Gasteiger partial charge in [0.25, 0.3) is 0 Å². The fraction of sp³-hybridized carbons (Fsp3) is 0.280. The Morgan fingerprint density at radius 3 is 1.45 bits per heavy atom. The van der Waals surface area contributed by atoms with Crippen molar-refractivity contribution in [1.29, 1.82) is 0 Å². The van der Waals surface area contributed by atoms with Crippen LogP contribution in [0.15, 0.2) is 76.5 Å². The first-order chi connectivity index (χ1) is 15.6. The fourth-order valence-corrected chi connectivity index (χ4v) is 5.04. The molecule has 0 aliphatic heterocycles. The normalized spacial score (nSPS) is 11.8. The number of hydrogen-bond donors (Lipinski definition) is 0. The van der Waals surface area contributed by atoms with E-state index in [4.69, 9.17) is 8.37 Å². The van der Waals surface area contributed by atoms with Crippen molar-refractivity contribution in [3.63, 3.8) is 0 Å². The highest BCUT2D eigenvalue weighted by molar-refractivity contribution is 7.87. The summed E-state index contributed by atoms with van der Waals surface area (Å²) in [5, 5.41) is 0. The van der Waals surface area contributed by atoms with E-state index in [2.05, 4.69) is 6.92 Å². The zero-order chi connectivity index (χ0) is 24.1. The molecular weight excluding hydrogens is 460 g/mol. The van der Waals surface area contributed by atoms with Gasteiger partial charge in [0, 0.05) is 6.07 Å². The number of unbranched alkanes of at least 4 members (excludes halogenated alkanes) is 2. The lowest BCUT2D eigenvalue weighted by Gasteiger charge is -2.13. The van der Waals surface area contributed by atoms with Crippen LogP contribution in [-0.2, 0) is 26.7 Å². The molecule has 0 aromatic heterocycles. The molecule has 33 heavy (non-hydrogen) atoms. The summed E-state index contributed by atoms with van der Waals surface area (Å²) in [6.45, 7) is 5.79. The van der Waals surface area contributed by atoms with E-state index < -0.39 is 20.2 Å². The van der Waals surface area contributed by atoms with Crippen molar-refractivity contribution < 1.29 is 25.2 Å². The van der Waals surface area contributed by atoms with Crippen molar-refractivity contribution >= 4 is 20.2 Å². The lowest BCUT2D eigenvalue weighted by molar-refractivity contribution is 0.475. The number of benzene rings is 3. The summed E-state index contributed by atoms with van der Waals surface area (Å²) in [4.78, 5) is 0.0264. The monoisotopic (exact) mass is 488 g/mol. The Morgan fingerprint density at radius 1 is 0.636 bits per heavy atom. The highest BCUT2D eigenvalue weighted by Crippen LogP contribution is 2.29. The van der Waals surface area contributed by atoms with Crippen LogP contribution in [0.3, 0.4) is 0 Å². The molecule has 0 saturated carbocycles. The standard InChI is InChI=1S/C25H28O6S2/c1-4-5-6-7-21-16-22(30-32(26,27)24-12-8-19(2)9-13-24)18-23(17-21)31-33(28,29)25-14-10-20(3)11-15-25/h8-18H,4-7H2,1-3H3. The summed E-state index contributed by atoms with van der Waals surface area (Å²) in [5.74, 6) is -0.00245. The SMILES string of the molecule is CCCCCc1cc(OS(=O)(=O)c2ccc(C)cc2)cc(OS(=O)(=O)c2ccc(C)cc2)c1. The zero-order valence-electron chi connectivity index (χ0n) is 18.9. The van der Waals surface area contributed by atoms with E-state index in [0.29, 0.717) is 6.42 Å². The lowest BCUT2D eigenvalue weighted by atomic mass is 10.1. The first kappa shape index (κ1) is 24.8. The van der Waals surface area contributed by atoms with E-state index in [9.17, 15) is 16.8 Å². The van der Waals surface area contributed by atoms with E-state index in [1.807, 2.05) is 13.8 Å². The number of aryl methyl sites for hydroxylation is 3. The number of hydrogen-bond acceptors (Lipinski definition) is 6. The summed E-state index contributed by atoms with van der Waals surface area (Å²) < 4.78 is 61.7. The quantitative estimate of drug-likeness (QED) is 0.274. The van der Waals surface area contributed by atoms with Gasteiger partial charge >= 0.3 is 20.2 Å². The summed E-state index contributed by atoms with van der Waals surface area (Å²) in [7, 11) is -8.19. The van der Waals surface area contributed by atoms with Crippen LogP contribution in [0.2, 0.25) is 0 Å². The largest absolute Gasteiger partial charge is 0.379 e. The van der Waals surface area contributed by atoms with Crippen LogP contribution in [-0.4, -0.2) is 16.8 Å². The second-order valence-corrected chi connectivity index (χ2v) is 11.1. The molecule has 0 atom stereocenters. The molecule has 3 aromatic rings. The Hall–Kier alpha value is -2.84. The molecule has 8 heteroatoms. The van der Waals surface area contributed by atoms with Crippen molar-refractivity contribution in [2.24, 2.45) is 0 Å². The molecule has 0 N–H and O–H groups in total. The van der Waals surface area contributed by atoms with Gasteiger partial charge in [-0.25, -0.2) is 0 Å². The molecule has 0 bridgehead atoms. The van der Waals surface area contributed by atoms with Crippen molar-refractivity contribution in [1.82, 2.24) is 0 Å². The van der Waals surface area contributed by atoms with Gasteiger partial charge in [-0.15, -0.1) is 0 Å². The minimum absolute atomic E-state index is 0.00122. The van der Waals surface area contributed by atoms with E-state index in [0.717, 1.165) is 36.0 Å². The first-order valence-electron chi connectivity index (χ1n) is 10.8. The number of rotatable bonds is 10. The van der Waals surface area contributed by atoms with Gasteiger partial charge in [0.05, 0.1) is 0 Å². The minimum Gasteiger partial charge on any atom is -0.379 e. The molecule has 0 heterocycles. The third-order valence-corrected chi connectivity index (χ3v) is 7.56. The van der Waals surface area contributed by atoms with Crippen molar-refractivity contribution in [3.8, 4) is 11.5 Å². The van der Waals surface area contributed by atoms with Gasteiger partial charge < -0.3 is 8.37 Å². The molecule has 3 aromatic carbocycles. The first-order valence-corrected chi connectivity index (χ1v) is 13.6. The summed E-state index contributed by atoms with van der Waals surface area (Å²) in [6, 6.07) is 17.1. The van der Waals surface area contributed by atoms with E-state index in [-0.39, 0.29) is 21.3 Å². The average Bonchev–Trinajstić information content (AvgIpc) is 2.74. The second kappa shape index (κ2) is 10.4. The molecule has 0 aliphatic rings. The van der Waals surface area contributed by atoms with Gasteiger partial charge in [0.2, 0.25) is 0 Å². The highest BCUT2D eigenvalue weighted by Gasteiger charge is 2.20. The van der Waals surface area contributed by atoms with Crippen molar-refractivity contribution in [3.05, 3.63) is 83.4 Å². The highest BCUT2D eigenvalue weighted by atomic mass is 32.2. The van der Waals surface area contributed by atoms with Gasteiger partial charge in [-0.2, -0.15) is 16.8 Å². The molecule has 0 radical (unpaired) electrons. The molecule has 0 spiro atoms. The van der Waals surface area contributed by atoms with E-state index in [1.54, 1.807) is 36.4 Å². The smallest absolute Gasteiger partial charge is 0.339 e. The maximum Gasteiger partial charge on any atom is 0.339 e. The molecule has 0 amide bonds. The van der Waals surface area contributed by atoms with Gasteiger partial charge in [-0.3, -0.25) is 0 Å². The van der Waals surface area contributed by atoms with Crippen LogP contribution >= 0.6 is 0 Å². The molecule has 0 fully saturated rings. The molecule has 0 unspecified atom stereocenters. The second-order valence-electron chi connectivity index (χ2n) is 7.97. The lowest BCUT2D eigenvalue weighted by Crippen LogP contribution is -2.12. The Morgan fingerprint density at radius 2 is 1.06 bits per heavy atom. The van der Waals surface area contributed by atoms with Gasteiger partial charge in [0.1, 0.15) is 21.3 Å². The Kier molecular flexibility index (Phi) is 7.81. The zero-order valence-corrected chi connectivity index (χ0v) is 20.6. The van der Waals surface area contributed by atoms with Crippen LogP contribution in [0.5, 0.6) is 11.5 Å². The maximum absolute atomic E-state index is 12.8. The van der Waals surface area contributed by atoms with Gasteiger partial charge in [-0.05, 0) is 68.7 Å². The van der Waals surface area contributed by atoms with E-state index in [1.165, 1.54) is 30.3 Å². The van der Waals surface area contributed by atoms with Gasteiger partial charge in [-0.1, -0.05) is 55.2 Å². The third kappa shape index (κ3) is 6.82. The van der Waals surface area contributed by atoms with Crippen molar-refractivity contribution in [2.45, 2.75) is 56.2 Å². The molecule has 0 aliphatic carbocycles. The maximum atomic E-state index is 12.8. The van der Waals surface area contributed by atoms with Crippen LogP contribution in [0, 0.1) is 13.8 Å². The Labute approximate surface area is 196 Å². The van der Waals surface area contributed by atoms with Crippen molar-refractivity contribution in [2.75, 3.05) is 0 Å². The molecule has 6 nitrogen and oxygen atoms in total. The predicted molar refractivity (Wildman–Crippen MR) is 128 cm³/mol. The molecule has 3 rings (SSSR count). The minimum atomic E-state index is -4.09. The molecular formula is C25H28O6S2. The third-order valence-electron chi connectivity index (χ3n) is 5.04. The van der Waals surface area contributed by atoms with Crippen LogP contribution < -0.4 is 8.37 Å².